The summed E-state index contributed by atoms with van der Waals surface area (Å²) in [5.74, 6) is -0.0853. The number of thioether (sulfide) groups is 1. The molecule has 1 N–H and O–H groups in total. The van der Waals surface area contributed by atoms with Crippen molar-refractivity contribution in [2.24, 2.45) is 0 Å². The van der Waals surface area contributed by atoms with E-state index in [2.05, 4.69) is 5.32 Å². The molecule has 4 rings (SSSR count). The van der Waals surface area contributed by atoms with Crippen molar-refractivity contribution in [3.05, 3.63) is 99.5 Å². The lowest BCUT2D eigenvalue weighted by atomic mass is 10.1. The Labute approximate surface area is 209 Å². The number of benzene rings is 3. The molecule has 3 aromatic carbocycles. The molecule has 0 aromatic heterocycles. The minimum atomic E-state index is -0.317. The quantitative estimate of drug-likeness (QED) is 0.423. The standard InChI is InChI=1S/C28H26N2O4S/c1-18-9-6-13-24(20(18)3)29-26(31)17-34-23-12-7-10-21(14-23)15-25-27(32)30(28(33)35-25)16-22-11-5-4-8-19(22)2/h4-15H,16-17H2,1-3H3,(H,29,31)/b25-15-. The largest absolute Gasteiger partial charge is 0.484 e. The third-order valence-corrected chi connectivity index (χ3v) is 6.78. The molecule has 1 fully saturated rings. The lowest BCUT2D eigenvalue weighted by Gasteiger charge is -2.14. The summed E-state index contributed by atoms with van der Waals surface area (Å²) in [5.41, 5.74) is 5.54. The van der Waals surface area contributed by atoms with E-state index in [4.69, 9.17) is 4.74 Å². The number of hydrogen-bond donors (Lipinski definition) is 1. The van der Waals surface area contributed by atoms with Crippen LogP contribution in [-0.2, 0) is 16.1 Å². The number of ether oxygens (including phenoxy) is 1. The van der Waals surface area contributed by atoms with Gasteiger partial charge in [-0.2, -0.15) is 0 Å². The molecule has 1 saturated heterocycles. The zero-order chi connectivity index (χ0) is 24.9. The molecule has 6 nitrogen and oxygen atoms in total. The first kappa shape index (κ1) is 24.3. The van der Waals surface area contributed by atoms with Gasteiger partial charge in [0.25, 0.3) is 17.1 Å². The van der Waals surface area contributed by atoms with Gasteiger partial charge in [0.05, 0.1) is 11.4 Å². The summed E-state index contributed by atoms with van der Waals surface area (Å²) in [6.07, 6.45) is 1.67. The SMILES string of the molecule is Cc1ccccc1CN1C(=O)S/C(=C\c2cccc(OCC(=O)Nc3cccc(C)c3C)c2)C1=O. The van der Waals surface area contributed by atoms with Crippen molar-refractivity contribution in [2.75, 3.05) is 11.9 Å². The van der Waals surface area contributed by atoms with Gasteiger partial charge in [0, 0.05) is 5.69 Å². The highest BCUT2D eigenvalue weighted by Gasteiger charge is 2.35. The molecule has 0 atom stereocenters. The van der Waals surface area contributed by atoms with Crippen LogP contribution in [0.15, 0.2) is 71.6 Å². The Morgan fingerprint density at radius 3 is 2.51 bits per heavy atom. The monoisotopic (exact) mass is 486 g/mol. The molecule has 0 aliphatic carbocycles. The van der Waals surface area contributed by atoms with E-state index in [1.54, 1.807) is 24.3 Å². The zero-order valence-corrected chi connectivity index (χ0v) is 20.6. The van der Waals surface area contributed by atoms with Crippen LogP contribution in [0.4, 0.5) is 10.5 Å². The van der Waals surface area contributed by atoms with Crippen molar-refractivity contribution in [3.63, 3.8) is 0 Å². The molecule has 1 heterocycles. The Kier molecular flexibility index (Phi) is 7.36. The van der Waals surface area contributed by atoms with E-state index in [0.717, 1.165) is 39.7 Å². The number of hydrogen-bond acceptors (Lipinski definition) is 5. The maximum absolute atomic E-state index is 12.9. The topological polar surface area (TPSA) is 75.7 Å². The lowest BCUT2D eigenvalue weighted by Crippen LogP contribution is -2.27. The molecule has 1 aliphatic rings. The number of anilines is 1. The molecule has 35 heavy (non-hydrogen) atoms. The van der Waals surface area contributed by atoms with Crippen LogP contribution >= 0.6 is 11.8 Å². The van der Waals surface area contributed by atoms with Crippen LogP contribution in [0.1, 0.15) is 27.8 Å². The molecule has 3 aromatic rings. The molecule has 0 unspecified atom stereocenters. The Bertz CT molecular complexity index is 1330. The van der Waals surface area contributed by atoms with Gasteiger partial charge in [-0.3, -0.25) is 19.3 Å². The lowest BCUT2D eigenvalue weighted by molar-refractivity contribution is -0.123. The summed E-state index contributed by atoms with van der Waals surface area (Å²) in [5, 5.41) is 2.58. The fourth-order valence-corrected chi connectivity index (χ4v) is 4.50. The summed E-state index contributed by atoms with van der Waals surface area (Å²) in [7, 11) is 0. The van der Waals surface area contributed by atoms with Crippen LogP contribution in [0.2, 0.25) is 0 Å². The second-order valence-electron chi connectivity index (χ2n) is 8.35. The first-order valence-electron chi connectivity index (χ1n) is 11.2. The van der Waals surface area contributed by atoms with E-state index in [0.29, 0.717) is 16.2 Å². The third kappa shape index (κ3) is 5.81. The van der Waals surface area contributed by atoms with Crippen molar-refractivity contribution in [1.29, 1.82) is 0 Å². The van der Waals surface area contributed by atoms with E-state index in [1.807, 2.05) is 69.3 Å². The number of nitrogens with one attached hydrogen (secondary N) is 1. The van der Waals surface area contributed by atoms with E-state index in [1.165, 1.54) is 4.90 Å². The third-order valence-electron chi connectivity index (χ3n) is 5.87. The summed E-state index contributed by atoms with van der Waals surface area (Å²) in [6.45, 7) is 6.00. The number of nitrogens with zero attached hydrogens (tertiary/aromatic N) is 1. The Hall–Kier alpha value is -3.84. The predicted octanol–water partition coefficient (Wildman–Crippen LogP) is 5.87. The van der Waals surface area contributed by atoms with Crippen LogP contribution in [0.25, 0.3) is 6.08 Å². The van der Waals surface area contributed by atoms with Crippen LogP contribution in [0, 0.1) is 20.8 Å². The van der Waals surface area contributed by atoms with Crippen molar-refractivity contribution >= 4 is 40.6 Å². The molecule has 0 saturated carbocycles. The molecule has 7 heteroatoms. The molecule has 0 bridgehead atoms. The predicted molar refractivity (Wildman–Crippen MR) is 139 cm³/mol. The number of rotatable bonds is 7. The average Bonchev–Trinajstić information content (AvgIpc) is 3.09. The van der Waals surface area contributed by atoms with Crippen LogP contribution in [0.5, 0.6) is 5.75 Å². The highest BCUT2D eigenvalue weighted by Crippen LogP contribution is 2.34. The molecular formula is C28H26N2O4S. The summed E-state index contributed by atoms with van der Waals surface area (Å²) in [6, 6.07) is 20.5. The van der Waals surface area contributed by atoms with Crippen molar-refractivity contribution in [3.8, 4) is 5.75 Å². The fourth-order valence-electron chi connectivity index (χ4n) is 3.66. The van der Waals surface area contributed by atoms with Gasteiger partial charge in [0.2, 0.25) is 0 Å². The fraction of sp³-hybridized carbons (Fsp3) is 0.179. The van der Waals surface area contributed by atoms with Crippen LogP contribution < -0.4 is 10.1 Å². The maximum Gasteiger partial charge on any atom is 0.293 e. The van der Waals surface area contributed by atoms with Gasteiger partial charge in [-0.05, 0) is 84.6 Å². The molecule has 0 radical (unpaired) electrons. The van der Waals surface area contributed by atoms with Gasteiger partial charge in [-0.15, -0.1) is 0 Å². The smallest absolute Gasteiger partial charge is 0.293 e. The average molecular weight is 487 g/mol. The number of imide groups is 1. The number of carbonyl (C=O) groups excluding carboxylic acids is 3. The zero-order valence-electron chi connectivity index (χ0n) is 19.8. The van der Waals surface area contributed by atoms with Gasteiger partial charge in [0.15, 0.2) is 6.61 Å². The van der Waals surface area contributed by atoms with Crippen LogP contribution in [0.3, 0.4) is 0 Å². The minimum Gasteiger partial charge on any atom is -0.484 e. The van der Waals surface area contributed by atoms with E-state index in [9.17, 15) is 14.4 Å². The van der Waals surface area contributed by atoms with Gasteiger partial charge >= 0.3 is 0 Å². The second kappa shape index (κ2) is 10.6. The van der Waals surface area contributed by atoms with E-state index < -0.39 is 0 Å². The van der Waals surface area contributed by atoms with E-state index in [-0.39, 0.29) is 30.2 Å². The molecule has 178 valence electrons. The van der Waals surface area contributed by atoms with Crippen molar-refractivity contribution in [1.82, 2.24) is 4.90 Å². The number of aryl methyl sites for hydroxylation is 2. The molecule has 0 spiro atoms. The van der Waals surface area contributed by atoms with Gasteiger partial charge in [-0.1, -0.05) is 48.5 Å². The Morgan fingerprint density at radius 2 is 1.71 bits per heavy atom. The normalized spacial score (nSPS) is 14.5. The maximum atomic E-state index is 12.9. The van der Waals surface area contributed by atoms with Crippen molar-refractivity contribution < 1.29 is 19.1 Å². The summed E-state index contributed by atoms with van der Waals surface area (Å²) in [4.78, 5) is 39.4. The highest BCUT2D eigenvalue weighted by atomic mass is 32.2. The number of amides is 3. The second-order valence-corrected chi connectivity index (χ2v) is 9.34. The van der Waals surface area contributed by atoms with Crippen LogP contribution in [-0.4, -0.2) is 28.6 Å². The minimum absolute atomic E-state index is 0.149. The molecular weight excluding hydrogens is 460 g/mol. The molecule has 3 amide bonds. The van der Waals surface area contributed by atoms with Gasteiger partial charge in [0.1, 0.15) is 5.75 Å². The van der Waals surface area contributed by atoms with Gasteiger partial charge < -0.3 is 10.1 Å². The summed E-state index contributed by atoms with van der Waals surface area (Å²) < 4.78 is 5.67. The van der Waals surface area contributed by atoms with E-state index >= 15 is 0 Å². The first-order chi connectivity index (χ1) is 16.8. The first-order valence-corrected chi connectivity index (χ1v) is 12.0. The number of carbonyl (C=O) groups is 3. The van der Waals surface area contributed by atoms with Crippen molar-refractivity contribution in [2.45, 2.75) is 27.3 Å². The Morgan fingerprint density at radius 1 is 0.971 bits per heavy atom. The Balaban J connectivity index is 1.40. The molecule has 1 aliphatic heterocycles. The van der Waals surface area contributed by atoms with Gasteiger partial charge in [-0.25, -0.2) is 0 Å². The summed E-state index contributed by atoms with van der Waals surface area (Å²) >= 11 is 0.923. The highest BCUT2D eigenvalue weighted by molar-refractivity contribution is 8.18.